The molecule has 0 aromatic heterocycles. The second-order valence-corrected chi connectivity index (χ2v) is 1.72. The van der Waals surface area contributed by atoms with Crippen molar-refractivity contribution in [3.05, 3.63) is 10.4 Å². The smallest absolute Gasteiger partial charge is 0.314 e. The summed E-state index contributed by atoms with van der Waals surface area (Å²) < 4.78 is 4.76. The molecule has 0 amide bonds. The number of ether oxygens (including phenoxy) is 1. The normalized spacial score (nSPS) is 11.7. The minimum Gasteiger partial charge on any atom is -0.481 e. The number of aliphatic carboxylic acids is 1. The Hall–Kier alpha value is -1.26. The molecular weight excluding hydrogens is 150 g/mol. The summed E-state index contributed by atoms with van der Waals surface area (Å²) >= 11 is 0. The Labute approximate surface area is 63.4 Å². The number of carboxylic acid groups (broad SMARTS) is 1. The van der Waals surface area contributed by atoms with Gasteiger partial charge < -0.3 is 9.84 Å². The maximum absolute atomic E-state index is 10.3. The van der Waals surface area contributed by atoms with Crippen molar-refractivity contribution in [3.8, 4) is 0 Å². The lowest BCUT2D eigenvalue weighted by Gasteiger charge is -2.03. The molecule has 0 bridgehead atoms. The van der Waals surface area contributed by atoms with Crippen LogP contribution < -0.4 is 0 Å². The second-order valence-electron chi connectivity index (χ2n) is 1.72. The SMILES string of the molecule is CCOCC(N=[N+]=[N-])C(=O)O. The lowest BCUT2D eigenvalue weighted by atomic mass is 10.3. The van der Waals surface area contributed by atoms with E-state index in [-0.39, 0.29) is 6.61 Å². The third-order valence-corrected chi connectivity index (χ3v) is 0.956. The third kappa shape index (κ3) is 4.19. The van der Waals surface area contributed by atoms with E-state index in [4.69, 9.17) is 15.4 Å². The average molecular weight is 159 g/mol. The van der Waals surface area contributed by atoms with E-state index in [1.54, 1.807) is 6.92 Å². The third-order valence-electron chi connectivity index (χ3n) is 0.956. The van der Waals surface area contributed by atoms with Gasteiger partial charge in [0.1, 0.15) is 0 Å². The fraction of sp³-hybridized carbons (Fsp3) is 0.800. The Kier molecular flexibility index (Phi) is 4.89. The summed E-state index contributed by atoms with van der Waals surface area (Å²) in [4.78, 5) is 12.6. The van der Waals surface area contributed by atoms with E-state index in [1.165, 1.54) is 0 Å². The molecule has 1 atom stereocenters. The highest BCUT2D eigenvalue weighted by molar-refractivity contribution is 5.73. The van der Waals surface area contributed by atoms with Crippen molar-refractivity contribution in [1.82, 2.24) is 0 Å². The molecule has 11 heavy (non-hydrogen) atoms. The molecule has 0 aromatic rings. The first-order chi connectivity index (χ1) is 5.22. The number of hydrogen-bond acceptors (Lipinski definition) is 3. The summed E-state index contributed by atoms with van der Waals surface area (Å²) in [6, 6.07) is -1.11. The minimum absolute atomic E-state index is 0.0735. The zero-order chi connectivity index (χ0) is 8.69. The van der Waals surface area contributed by atoms with Crippen molar-refractivity contribution in [2.24, 2.45) is 5.11 Å². The van der Waals surface area contributed by atoms with Crippen molar-refractivity contribution < 1.29 is 14.6 Å². The molecule has 6 heteroatoms. The summed E-state index contributed by atoms with van der Waals surface area (Å²) in [6.07, 6.45) is 0. The number of nitrogens with zero attached hydrogens (tertiary/aromatic N) is 3. The van der Waals surface area contributed by atoms with Gasteiger partial charge in [-0.15, -0.1) is 0 Å². The Balaban J connectivity index is 3.89. The van der Waals surface area contributed by atoms with Gasteiger partial charge in [0.15, 0.2) is 6.04 Å². The standard InChI is InChI=1S/C5H9N3O3/c1-2-11-3-4(5(9)10)7-8-6/h4H,2-3H2,1H3,(H,9,10). The molecule has 0 saturated carbocycles. The number of carboxylic acids is 1. The number of rotatable bonds is 5. The van der Waals surface area contributed by atoms with Crippen LogP contribution in [0.3, 0.4) is 0 Å². The van der Waals surface area contributed by atoms with Crippen LogP contribution in [0.5, 0.6) is 0 Å². The van der Waals surface area contributed by atoms with Gasteiger partial charge in [-0.3, -0.25) is 4.79 Å². The second kappa shape index (κ2) is 5.52. The van der Waals surface area contributed by atoms with E-state index in [0.29, 0.717) is 6.61 Å². The molecule has 0 aliphatic heterocycles. The maximum atomic E-state index is 10.3. The van der Waals surface area contributed by atoms with Gasteiger partial charge in [0.25, 0.3) is 0 Å². The average Bonchev–Trinajstić information content (AvgIpc) is 1.97. The highest BCUT2D eigenvalue weighted by Crippen LogP contribution is 1.93. The molecule has 0 spiro atoms. The van der Waals surface area contributed by atoms with E-state index in [2.05, 4.69) is 10.0 Å². The summed E-state index contributed by atoms with van der Waals surface area (Å²) in [6.45, 7) is 2.07. The molecule has 1 unspecified atom stereocenters. The Morgan fingerprint density at radius 2 is 2.55 bits per heavy atom. The van der Waals surface area contributed by atoms with Crippen molar-refractivity contribution in [2.75, 3.05) is 13.2 Å². The summed E-state index contributed by atoms with van der Waals surface area (Å²) in [5.74, 6) is -1.17. The first-order valence-corrected chi connectivity index (χ1v) is 3.07. The van der Waals surface area contributed by atoms with Crippen molar-refractivity contribution >= 4 is 5.97 Å². The Morgan fingerprint density at radius 1 is 1.91 bits per heavy atom. The molecule has 0 aromatic carbocycles. The van der Waals surface area contributed by atoms with Crippen molar-refractivity contribution in [2.45, 2.75) is 13.0 Å². The topological polar surface area (TPSA) is 95.3 Å². The zero-order valence-corrected chi connectivity index (χ0v) is 6.10. The van der Waals surface area contributed by atoms with Gasteiger partial charge >= 0.3 is 5.97 Å². The van der Waals surface area contributed by atoms with Crippen LogP contribution in [0.25, 0.3) is 10.4 Å². The predicted octanol–water partition coefficient (Wildman–Crippen LogP) is 0.786. The molecule has 0 saturated heterocycles. The quantitative estimate of drug-likeness (QED) is 0.364. The molecule has 1 N–H and O–H groups in total. The maximum Gasteiger partial charge on any atom is 0.314 e. The summed E-state index contributed by atoms with van der Waals surface area (Å²) in [5.41, 5.74) is 7.92. The minimum atomic E-state index is -1.17. The summed E-state index contributed by atoms with van der Waals surface area (Å²) in [7, 11) is 0. The first-order valence-electron chi connectivity index (χ1n) is 3.07. The highest BCUT2D eigenvalue weighted by Gasteiger charge is 2.14. The van der Waals surface area contributed by atoms with Gasteiger partial charge in [-0.1, -0.05) is 5.11 Å². The van der Waals surface area contributed by atoms with E-state index >= 15 is 0 Å². The molecule has 0 aliphatic rings. The van der Waals surface area contributed by atoms with Gasteiger partial charge in [-0.05, 0) is 12.5 Å². The lowest BCUT2D eigenvalue weighted by molar-refractivity contribution is -0.139. The number of carbonyl (C=O) groups is 1. The zero-order valence-electron chi connectivity index (χ0n) is 6.10. The predicted molar refractivity (Wildman–Crippen MR) is 37.1 cm³/mol. The van der Waals surface area contributed by atoms with E-state index < -0.39 is 12.0 Å². The highest BCUT2D eigenvalue weighted by atomic mass is 16.5. The fourth-order valence-corrected chi connectivity index (χ4v) is 0.446. The van der Waals surface area contributed by atoms with E-state index in [9.17, 15) is 4.79 Å². The monoisotopic (exact) mass is 159 g/mol. The van der Waals surface area contributed by atoms with Gasteiger partial charge in [-0.25, -0.2) is 0 Å². The van der Waals surface area contributed by atoms with E-state index in [0.717, 1.165) is 0 Å². The van der Waals surface area contributed by atoms with Crippen LogP contribution in [-0.4, -0.2) is 30.3 Å². The lowest BCUT2D eigenvalue weighted by Crippen LogP contribution is -2.23. The van der Waals surface area contributed by atoms with Crippen LogP contribution in [0.1, 0.15) is 6.92 Å². The van der Waals surface area contributed by atoms with Crippen LogP contribution in [-0.2, 0) is 9.53 Å². The van der Waals surface area contributed by atoms with Crippen LogP contribution in [0.15, 0.2) is 5.11 Å². The van der Waals surface area contributed by atoms with Crippen LogP contribution in [0.4, 0.5) is 0 Å². The molecular formula is C5H9N3O3. The first kappa shape index (κ1) is 9.74. The Bertz CT molecular complexity index is 174. The van der Waals surface area contributed by atoms with Crippen molar-refractivity contribution in [3.63, 3.8) is 0 Å². The van der Waals surface area contributed by atoms with Gasteiger partial charge in [0.2, 0.25) is 0 Å². The van der Waals surface area contributed by atoms with Crippen LogP contribution >= 0.6 is 0 Å². The van der Waals surface area contributed by atoms with Gasteiger partial charge in [-0.2, -0.15) is 0 Å². The molecule has 0 heterocycles. The van der Waals surface area contributed by atoms with Crippen molar-refractivity contribution in [1.29, 1.82) is 0 Å². The molecule has 6 nitrogen and oxygen atoms in total. The molecule has 0 radical (unpaired) electrons. The summed E-state index contributed by atoms with van der Waals surface area (Å²) in [5, 5.41) is 11.4. The van der Waals surface area contributed by atoms with Crippen LogP contribution in [0.2, 0.25) is 0 Å². The molecule has 0 fully saturated rings. The van der Waals surface area contributed by atoms with Gasteiger partial charge in [0.05, 0.1) is 6.61 Å². The molecule has 0 aliphatic carbocycles. The Morgan fingerprint density at radius 3 is 2.91 bits per heavy atom. The number of azide groups is 1. The van der Waals surface area contributed by atoms with E-state index in [1.807, 2.05) is 0 Å². The molecule has 0 rings (SSSR count). The fourth-order valence-electron chi connectivity index (χ4n) is 0.446. The van der Waals surface area contributed by atoms with Gasteiger partial charge in [0, 0.05) is 11.5 Å². The molecule has 62 valence electrons. The van der Waals surface area contributed by atoms with Crippen LogP contribution in [0, 0.1) is 0 Å². The largest absolute Gasteiger partial charge is 0.481 e. The number of hydrogen-bond donors (Lipinski definition) is 1.